The molecule has 2 rings (SSSR count). The highest BCUT2D eigenvalue weighted by molar-refractivity contribution is 5.90. The molecule has 0 bridgehead atoms. The second-order valence-electron chi connectivity index (χ2n) is 3.93. The molecule has 1 aromatic heterocycles. The topological polar surface area (TPSA) is 61.6 Å². The Labute approximate surface area is 111 Å². The Morgan fingerprint density at radius 2 is 2.00 bits per heavy atom. The number of nitrogens with zero attached hydrogens (tertiary/aromatic N) is 1. The number of ether oxygens (including phenoxy) is 2. The van der Waals surface area contributed by atoms with E-state index < -0.39 is 5.97 Å². The normalized spacial score (nSPS) is 10.3. The van der Waals surface area contributed by atoms with Gasteiger partial charge in [0.2, 0.25) is 0 Å². The zero-order valence-corrected chi connectivity index (χ0v) is 11.1. The molecule has 0 atom stereocenters. The lowest BCUT2D eigenvalue weighted by atomic mass is 10.1. The molecular formula is C14H15NO4. The van der Waals surface area contributed by atoms with Crippen molar-refractivity contribution >= 4 is 5.97 Å². The summed E-state index contributed by atoms with van der Waals surface area (Å²) in [5.74, 6) is 0.848. The molecule has 0 aliphatic carbocycles. The average molecular weight is 261 g/mol. The quantitative estimate of drug-likeness (QED) is 0.792. The summed E-state index contributed by atoms with van der Waals surface area (Å²) in [7, 11) is 1.60. The number of methoxy groups -OCH3 is 1. The Morgan fingerprint density at radius 1 is 1.32 bits per heavy atom. The highest BCUT2D eigenvalue weighted by atomic mass is 16.5. The van der Waals surface area contributed by atoms with Gasteiger partial charge in [-0.2, -0.15) is 0 Å². The summed E-state index contributed by atoms with van der Waals surface area (Å²) in [4.78, 5) is 11.6. The van der Waals surface area contributed by atoms with E-state index in [2.05, 4.69) is 5.16 Å². The van der Waals surface area contributed by atoms with Gasteiger partial charge >= 0.3 is 5.97 Å². The first kappa shape index (κ1) is 13.1. The first-order valence-electron chi connectivity index (χ1n) is 5.95. The molecule has 2 aromatic rings. The molecule has 0 amide bonds. The van der Waals surface area contributed by atoms with Crippen LogP contribution >= 0.6 is 0 Å². The number of hydrogen-bond donors (Lipinski definition) is 0. The molecule has 0 saturated carbocycles. The maximum atomic E-state index is 11.6. The molecule has 0 spiro atoms. The van der Waals surface area contributed by atoms with Gasteiger partial charge < -0.3 is 14.0 Å². The molecule has 0 aliphatic heterocycles. The largest absolute Gasteiger partial charge is 0.497 e. The van der Waals surface area contributed by atoms with Crippen molar-refractivity contribution in [2.24, 2.45) is 0 Å². The van der Waals surface area contributed by atoms with Gasteiger partial charge in [0.25, 0.3) is 0 Å². The maximum Gasteiger partial charge on any atom is 0.360 e. The van der Waals surface area contributed by atoms with Crippen molar-refractivity contribution in [3.8, 4) is 17.1 Å². The highest BCUT2D eigenvalue weighted by Gasteiger charge is 2.20. The Hall–Kier alpha value is -2.30. The summed E-state index contributed by atoms with van der Waals surface area (Å²) in [6.07, 6.45) is 0. The van der Waals surface area contributed by atoms with E-state index in [0.717, 1.165) is 11.3 Å². The average Bonchev–Trinajstić information content (AvgIpc) is 2.81. The van der Waals surface area contributed by atoms with Crippen LogP contribution in [0.15, 0.2) is 28.8 Å². The van der Waals surface area contributed by atoms with E-state index in [9.17, 15) is 4.79 Å². The Kier molecular flexibility index (Phi) is 3.85. The summed E-state index contributed by atoms with van der Waals surface area (Å²) < 4.78 is 15.2. The van der Waals surface area contributed by atoms with Crippen LogP contribution in [-0.2, 0) is 4.74 Å². The molecule has 0 radical (unpaired) electrons. The van der Waals surface area contributed by atoms with E-state index in [-0.39, 0.29) is 5.69 Å². The Bertz CT molecular complexity index is 572. The van der Waals surface area contributed by atoms with E-state index in [4.69, 9.17) is 14.0 Å². The predicted molar refractivity (Wildman–Crippen MR) is 69.2 cm³/mol. The van der Waals surface area contributed by atoms with Gasteiger partial charge in [-0.15, -0.1) is 0 Å². The molecule has 0 saturated heterocycles. The lowest BCUT2D eigenvalue weighted by molar-refractivity contribution is 0.0514. The van der Waals surface area contributed by atoms with Crippen LogP contribution in [0.1, 0.15) is 23.0 Å². The minimum absolute atomic E-state index is 0.215. The van der Waals surface area contributed by atoms with Crippen molar-refractivity contribution in [3.05, 3.63) is 35.5 Å². The van der Waals surface area contributed by atoms with Crippen LogP contribution in [0.4, 0.5) is 0 Å². The number of rotatable bonds is 4. The van der Waals surface area contributed by atoms with Crippen molar-refractivity contribution in [3.63, 3.8) is 0 Å². The lowest BCUT2D eigenvalue weighted by Crippen LogP contribution is -2.06. The Balaban J connectivity index is 2.32. The molecular weight excluding hydrogens is 246 g/mol. The monoisotopic (exact) mass is 261 g/mol. The molecule has 5 nitrogen and oxygen atoms in total. The molecule has 1 aromatic carbocycles. The van der Waals surface area contributed by atoms with Gasteiger partial charge in [-0.05, 0) is 38.1 Å². The molecule has 1 heterocycles. The van der Waals surface area contributed by atoms with Crippen molar-refractivity contribution in [1.82, 2.24) is 5.16 Å². The third-order valence-electron chi connectivity index (χ3n) is 2.75. The van der Waals surface area contributed by atoms with Crippen LogP contribution < -0.4 is 4.74 Å². The minimum Gasteiger partial charge on any atom is -0.497 e. The number of esters is 1. The number of hydrogen-bond acceptors (Lipinski definition) is 5. The molecule has 19 heavy (non-hydrogen) atoms. The van der Waals surface area contributed by atoms with E-state index in [1.807, 2.05) is 24.3 Å². The standard InChI is InChI=1S/C14H15NO4/c1-4-18-14(16)12-9(2)13(19-15-12)10-5-7-11(17-3)8-6-10/h5-8H,4H2,1-3H3. The summed E-state index contributed by atoms with van der Waals surface area (Å²) >= 11 is 0. The fraction of sp³-hybridized carbons (Fsp3) is 0.286. The molecule has 0 N–H and O–H groups in total. The third kappa shape index (κ3) is 2.59. The third-order valence-corrected chi connectivity index (χ3v) is 2.75. The van der Waals surface area contributed by atoms with Gasteiger partial charge in [-0.3, -0.25) is 0 Å². The number of aromatic nitrogens is 1. The van der Waals surface area contributed by atoms with Crippen molar-refractivity contribution in [2.45, 2.75) is 13.8 Å². The molecule has 5 heteroatoms. The smallest absolute Gasteiger partial charge is 0.360 e. The van der Waals surface area contributed by atoms with Crippen LogP contribution in [0.25, 0.3) is 11.3 Å². The minimum atomic E-state index is -0.469. The summed E-state index contributed by atoms with van der Waals surface area (Å²) in [6.45, 7) is 3.84. The molecule has 0 aliphatic rings. The molecule has 100 valence electrons. The first-order valence-corrected chi connectivity index (χ1v) is 5.95. The lowest BCUT2D eigenvalue weighted by Gasteiger charge is -2.01. The number of carbonyl (C=O) groups is 1. The van der Waals surface area contributed by atoms with Gasteiger partial charge in [-0.25, -0.2) is 4.79 Å². The van der Waals surface area contributed by atoms with Gasteiger partial charge in [0.15, 0.2) is 11.5 Å². The van der Waals surface area contributed by atoms with E-state index in [1.54, 1.807) is 21.0 Å². The van der Waals surface area contributed by atoms with Gasteiger partial charge in [0, 0.05) is 11.1 Å². The van der Waals surface area contributed by atoms with Crippen LogP contribution in [0, 0.1) is 6.92 Å². The fourth-order valence-corrected chi connectivity index (χ4v) is 1.74. The zero-order chi connectivity index (χ0) is 13.8. The SMILES string of the molecule is CCOC(=O)c1noc(-c2ccc(OC)cc2)c1C. The number of carbonyl (C=O) groups excluding carboxylic acids is 1. The van der Waals surface area contributed by atoms with Gasteiger partial charge in [0.05, 0.1) is 13.7 Å². The van der Waals surface area contributed by atoms with Crippen molar-refractivity contribution in [2.75, 3.05) is 13.7 Å². The van der Waals surface area contributed by atoms with E-state index in [1.165, 1.54) is 0 Å². The number of benzene rings is 1. The highest BCUT2D eigenvalue weighted by Crippen LogP contribution is 2.27. The maximum absolute atomic E-state index is 11.6. The van der Waals surface area contributed by atoms with E-state index in [0.29, 0.717) is 17.9 Å². The molecule has 0 unspecified atom stereocenters. The second-order valence-corrected chi connectivity index (χ2v) is 3.93. The Morgan fingerprint density at radius 3 is 2.58 bits per heavy atom. The summed E-state index contributed by atoms with van der Waals surface area (Å²) in [5, 5.41) is 3.77. The van der Waals surface area contributed by atoms with Crippen molar-refractivity contribution < 1.29 is 18.8 Å². The predicted octanol–water partition coefficient (Wildman–Crippen LogP) is 2.84. The van der Waals surface area contributed by atoms with Gasteiger partial charge in [-0.1, -0.05) is 5.16 Å². The van der Waals surface area contributed by atoms with Crippen molar-refractivity contribution in [1.29, 1.82) is 0 Å². The van der Waals surface area contributed by atoms with E-state index >= 15 is 0 Å². The molecule has 0 fully saturated rings. The fourth-order valence-electron chi connectivity index (χ4n) is 1.74. The first-order chi connectivity index (χ1) is 9.17. The van der Waals surface area contributed by atoms with Crippen LogP contribution in [-0.4, -0.2) is 24.8 Å². The van der Waals surface area contributed by atoms with Crippen LogP contribution in [0.3, 0.4) is 0 Å². The second kappa shape index (κ2) is 5.56. The van der Waals surface area contributed by atoms with Crippen LogP contribution in [0.2, 0.25) is 0 Å². The van der Waals surface area contributed by atoms with Gasteiger partial charge in [0.1, 0.15) is 5.75 Å². The summed E-state index contributed by atoms with van der Waals surface area (Å²) in [6, 6.07) is 7.34. The van der Waals surface area contributed by atoms with Crippen LogP contribution in [0.5, 0.6) is 5.75 Å². The summed E-state index contributed by atoms with van der Waals surface area (Å²) in [5.41, 5.74) is 1.72. The zero-order valence-electron chi connectivity index (χ0n) is 11.1.